The maximum absolute atomic E-state index is 13.5. The molecule has 0 unspecified atom stereocenters. The number of hydrogen-bond donors (Lipinski definition) is 2. The molecule has 2 fully saturated rings. The van der Waals surface area contributed by atoms with Crippen LogP contribution in [0.5, 0.6) is 0 Å². The second-order valence-electron chi connectivity index (χ2n) is 11.8. The first-order valence-corrected chi connectivity index (χ1v) is 14.3. The molecule has 226 valence electrons. The molecule has 6 nitrogen and oxygen atoms in total. The van der Waals surface area contributed by atoms with Crippen molar-refractivity contribution in [1.29, 1.82) is 0 Å². The fraction of sp³-hybridized carbons (Fsp3) is 0.294. The van der Waals surface area contributed by atoms with Crippen molar-refractivity contribution in [3.05, 3.63) is 94.8 Å². The molecule has 0 radical (unpaired) electrons. The van der Waals surface area contributed by atoms with Gasteiger partial charge < -0.3 is 10.6 Å². The molecule has 6 rings (SSSR count). The monoisotopic (exact) mass is 602 g/mol. The standard InChI is InChI=1S/C34H30F4N4O2/c1-18-8-9-39-29(10-18)26-14-24(42-32(44)28-16-34(28,37)38)7-5-21(26)11-22-12-30(40-17-20(22)3)25-13-23(6-4-19(25)2)41-31(43)27-15-33(27,35)36/h4-10,12-14,17,27-28H,11,15-16H2,1-3H3,(H,41,43)(H,42,44)/t27-,28-/m0/s1. The Balaban J connectivity index is 1.30. The highest BCUT2D eigenvalue weighted by Gasteiger charge is 2.62. The number of aryl methyl sites for hydroxylation is 3. The second-order valence-corrected chi connectivity index (χ2v) is 11.8. The molecule has 2 aromatic carbocycles. The number of carbonyl (C=O) groups is 2. The molecule has 2 amide bonds. The minimum absolute atomic E-state index is 0.408. The van der Waals surface area contributed by atoms with Gasteiger partial charge in [-0.2, -0.15) is 0 Å². The van der Waals surface area contributed by atoms with Crippen molar-refractivity contribution in [1.82, 2.24) is 9.97 Å². The zero-order chi connectivity index (χ0) is 31.4. The molecule has 2 saturated carbocycles. The number of benzene rings is 2. The van der Waals surface area contributed by atoms with Gasteiger partial charge in [0.15, 0.2) is 0 Å². The molecular weight excluding hydrogens is 572 g/mol. The van der Waals surface area contributed by atoms with Crippen molar-refractivity contribution in [3.63, 3.8) is 0 Å². The zero-order valence-corrected chi connectivity index (χ0v) is 24.3. The third-order valence-corrected chi connectivity index (χ3v) is 8.23. The van der Waals surface area contributed by atoms with Gasteiger partial charge in [-0.25, -0.2) is 17.6 Å². The van der Waals surface area contributed by atoms with Gasteiger partial charge in [0.05, 0.1) is 11.4 Å². The van der Waals surface area contributed by atoms with E-state index in [9.17, 15) is 27.2 Å². The third-order valence-electron chi connectivity index (χ3n) is 8.23. The van der Waals surface area contributed by atoms with Crippen molar-refractivity contribution in [2.24, 2.45) is 11.8 Å². The van der Waals surface area contributed by atoms with Gasteiger partial charge in [-0.05, 0) is 97.5 Å². The number of pyridine rings is 2. The van der Waals surface area contributed by atoms with Crippen LogP contribution in [0.15, 0.2) is 67.0 Å². The Kier molecular flexibility index (Phi) is 7.26. The summed E-state index contributed by atoms with van der Waals surface area (Å²) >= 11 is 0. The van der Waals surface area contributed by atoms with Crippen LogP contribution >= 0.6 is 0 Å². The van der Waals surface area contributed by atoms with Crippen LogP contribution in [0.3, 0.4) is 0 Å². The highest BCUT2D eigenvalue weighted by molar-refractivity contribution is 5.96. The second kappa shape index (κ2) is 10.8. The van der Waals surface area contributed by atoms with Crippen molar-refractivity contribution >= 4 is 23.2 Å². The highest BCUT2D eigenvalue weighted by Crippen LogP contribution is 2.50. The predicted molar refractivity (Wildman–Crippen MR) is 160 cm³/mol. The fourth-order valence-electron chi connectivity index (χ4n) is 5.27. The van der Waals surface area contributed by atoms with Gasteiger partial charge >= 0.3 is 0 Å². The van der Waals surface area contributed by atoms with Crippen molar-refractivity contribution in [2.75, 3.05) is 10.6 Å². The minimum Gasteiger partial charge on any atom is -0.326 e. The van der Waals surface area contributed by atoms with Crippen LogP contribution in [0, 0.1) is 32.6 Å². The van der Waals surface area contributed by atoms with Gasteiger partial charge in [-0.15, -0.1) is 0 Å². The van der Waals surface area contributed by atoms with E-state index in [-0.39, 0.29) is 0 Å². The van der Waals surface area contributed by atoms with E-state index in [1.165, 1.54) is 0 Å². The first kappa shape index (κ1) is 29.5. The Hall–Kier alpha value is -4.60. The molecule has 0 bridgehead atoms. The first-order chi connectivity index (χ1) is 20.8. The molecule has 2 heterocycles. The first-order valence-electron chi connectivity index (χ1n) is 14.3. The van der Waals surface area contributed by atoms with Gasteiger partial charge in [0, 0.05) is 47.7 Å². The molecule has 0 saturated heterocycles. The average molecular weight is 603 g/mol. The number of rotatable bonds is 8. The number of alkyl halides is 4. The minimum atomic E-state index is -2.96. The molecule has 0 aliphatic heterocycles. The van der Waals surface area contributed by atoms with Gasteiger partial charge in [-0.1, -0.05) is 12.1 Å². The van der Waals surface area contributed by atoms with Crippen LogP contribution in [-0.4, -0.2) is 33.6 Å². The van der Waals surface area contributed by atoms with E-state index in [1.807, 2.05) is 51.1 Å². The zero-order valence-electron chi connectivity index (χ0n) is 24.3. The summed E-state index contributed by atoms with van der Waals surface area (Å²) < 4.78 is 53.8. The number of carbonyl (C=O) groups excluding carboxylic acids is 2. The van der Waals surface area contributed by atoms with Crippen LogP contribution in [0.25, 0.3) is 22.5 Å². The summed E-state index contributed by atoms with van der Waals surface area (Å²) in [5, 5.41) is 5.23. The van der Waals surface area contributed by atoms with Gasteiger partial charge in [-0.3, -0.25) is 19.6 Å². The molecule has 10 heteroatoms. The molecule has 2 aliphatic rings. The Labute approximate surface area is 251 Å². The molecular formula is C34H30F4N4O2. The Morgan fingerprint density at radius 1 is 0.727 bits per heavy atom. The topological polar surface area (TPSA) is 84.0 Å². The van der Waals surface area contributed by atoms with Crippen LogP contribution in [0.4, 0.5) is 28.9 Å². The lowest BCUT2D eigenvalue weighted by molar-refractivity contribution is -0.120. The Bertz CT molecular complexity index is 1810. The molecule has 44 heavy (non-hydrogen) atoms. The van der Waals surface area contributed by atoms with E-state index >= 15 is 0 Å². The van der Waals surface area contributed by atoms with Gasteiger partial charge in [0.2, 0.25) is 11.8 Å². The Morgan fingerprint density at radius 3 is 1.89 bits per heavy atom. The van der Waals surface area contributed by atoms with E-state index in [4.69, 9.17) is 0 Å². The molecule has 2 atom stereocenters. The summed E-state index contributed by atoms with van der Waals surface area (Å²) in [6, 6.07) is 16.3. The number of hydrogen-bond acceptors (Lipinski definition) is 4. The summed E-state index contributed by atoms with van der Waals surface area (Å²) in [5.41, 5.74) is 8.35. The SMILES string of the molecule is Cc1ccnc(-c2cc(NC(=O)[C@@H]3CC3(F)F)ccc2Cc2cc(-c3cc(NC(=O)[C@@H]4CC4(F)F)ccc3C)ncc2C)c1. The van der Waals surface area contributed by atoms with Gasteiger partial charge in [0.1, 0.15) is 11.8 Å². The lowest BCUT2D eigenvalue weighted by atomic mass is 9.93. The summed E-state index contributed by atoms with van der Waals surface area (Å²) in [6.07, 6.45) is 3.05. The number of halogens is 4. The average Bonchev–Trinajstić information content (AvgIpc) is 3.83. The normalized spacial score (nSPS) is 19.2. The molecule has 0 spiro atoms. The van der Waals surface area contributed by atoms with E-state index in [0.29, 0.717) is 29.2 Å². The van der Waals surface area contributed by atoms with Crippen molar-refractivity contribution < 1.29 is 27.2 Å². The molecule has 2 aliphatic carbocycles. The number of anilines is 2. The number of nitrogens with zero attached hydrogens (tertiary/aromatic N) is 2. The maximum atomic E-state index is 13.5. The van der Waals surface area contributed by atoms with Crippen LogP contribution in [-0.2, 0) is 16.0 Å². The van der Waals surface area contributed by atoms with E-state index in [2.05, 4.69) is 20.6 Å². The van der Waals surface area contributed by atoms with Crippen LogP contribution in [0.1, 0.15) is 40.7 Å². The summed E-state index contributed by atoms with van der Waals surface area (Å²) in [5.74, 6) is -9.94. The lowest BCUT2D eigenvalue weighted by Gasteiger charge is -2.16. The molecule has 4 aromatic rings. The quantitative estimate of drug-likeness (QED) is 0.205. The Morgan fingerprint density at radius 2 is 1.30 bits per heavy atom. The van der Waals surface area contributed by atoms with Crippen molar-refractivity contribution in [2.45, 2.75) is 51.9 Å². The maximum Gasteiger partial charge on any atom is 0.260 e. The van der Waals surface area contributed by atoms with E-state index < -0.39 is 48.3 Å². The van der Waals surface area contributed by atoms with Crippen LogP contribution < -0.4 is 10.6 Å². The highest BCUT2D eigenvalue weighted by atomic mass is 19.3. The molecule has 2 N–H and O–H groups in total. The van der Waals surface area contributed by atoms with E-state index in [1.54, 1.807) is 36.7 Å². The largest absolute Gasteiger partial charge is 0.326 e. The summed E-state index contributed by atoms with van der Waals surface area (Å²) in [4.78, 5) is 33.8. The fourth-order valence-corrected chi connectivity index (χ4v) is 5.27. The van der Waals surface area contributed by atoms with Crippen LogP contribution in [0.2, 0.25) is 0 Å². The molecule has 2 aromatic heterocycles. The van der Waals surface area contributed by atoms with Gasteiger partial charge in [0.25, 0.3) is 11.8 Å². The number of aromatic nitrogens is 2. The smallest absolute Gasteiger partial charge is 0.260 e. The number of nitrogens with one attached hydrogen (secondary N) is 2. The van der Waals surface area contributed by atoms with Crippen molar-refractivity contribution in [3.8, 4) is 22.5 Å². The lowest BCUT2D eigenvalue weighted by Crippen LogP contribution is -2.17. The predicted octanol–water partition coefficient (Wildman–Crippen LogP) is 7.51. The number of amides is 2. The summed E-state index contributed by atoms with van der Waals surface area (Å²) in [7, 11) is 0. The van der Waals surface area contributed by atoms with E-state index in [0.717, 1.165) is 38.9 Å². The third kappa shape index (κ3) is 6.06. The summed E-state index contributed by atoms with van der Waals surface area (Å²) in [6.45, 7) is 5.80.